The lowest BCUT2D eigenvalue weighted by Crippen LogP contribution is -2.48. The van der Waals surface area contributed by atoms with Crippen molar-refractivity contribution in [3.63, 3.8) is 0 Å². The van der Waals surface area contributed by atoms with Crippen molar-refractivity contribution < 1.29 is 9.32 Å². The summed E-state index contributed by atoms with van der Waals surface area (Å²) in [6.07, 6.45) is 4.77. The number of aryl methyl sites for hydroxylation is 1. The summed E-state index contributed by atoms with van der Waals surface area (Å²) in [5.41, 5.74) is 2.65. The number of nitrogens with one attached hydrogen (secondary N) is 1. The van der Waals surface area contributed by atoms with Gasteiger partial charge in [-0.25, -0.2) is 9.97 Å². The number of aromatic nitrogens is 5. The molecule has 29 heavy (non-hydrogen) atoms. The molecule has 146 valence electrons. The second-order valence-electron chi connectivity index (χ2n) is 6.98. The van der Waals surface area contributed by atoms with Gasteiger partial charge >= 0.3 is 0 Å². The Morgan fingerprint density at radius 3 is 3.03 bits per heavy atom. The van der Waals surface area contributed by atoms with Gasteiger partial charge in [-0.3, -0.25) is 14.7 Å². The van der Waals surface area contributed by atoms with Gasteiger partial charge in [0.2, 0.25) is 17.6 Å². The zero-order valence-electron chi connectivity index (χ0n) is 15.6. The van der Waals surface area contributed by atoms with Gasteiger partial charge in [-0.1, -0.05) is 22.6 Å². The van der Waals surface area contributed by atoms with Crippen molar-refractivity contribution in [2.24, 2.45) is 0 Å². The van der Waals surface area contributed by atoms with Crippen molar-refractivity contribution in [2.45, 2.75) is 12.8 Å². The van der Waals surface area contributed by atoms with E-state index in [9.17, 15) is 4.79 Å². The van der Waals surface area contributed by atoms with E-state index in [2.05, 4.69) is 36.5 Å². The number of likely N-dealkylation sites (tertiary alicyclic amines) is 1. The fraction of sp³-hybridized carbons (Fsp3) is 0.263. The minimum atomic E-state index is -0.0787. The molecule has 9 nitrogen and oxygen atoms in total. The Hall–Kier alpha value is -3.24. The van der Waals surface area contributed by atoms with E-state index in [4.69, 9.17) is 4.52 Å². The number of amides is 1. The van der Waals surface area contributed by atoms with Crippen molar-refractivity contribution in [1.82, 2.24) is 30.0 Å². The molecule has 4 heterocycles. The molecule has 1 fully saturated rings. The average Bonchev–Trinajstić information content (AvgIpc) is 3.31. The third-order valence-corrected chi connectivity index (χ3v) is 5.63. The second-order valence-corrected chi connectivity index (χ2v) is 8.01. The predicted molar refractivity (Wildman–Crippen MR) is 107 cm³/mol. The highest BCUT2D eigenvalue weighted by molar-refractivity contribution is 7.22. The Labute approximate surface area is 169 Å². The normalized spacial score (nSPS) is 14.8. The highest BCUT2D eigenvalue weighted by Crippen LogP contribution is 2.28. The van der Waals surface area contributed by atoms with Gasteiger partial charge in [0.05, 0.1) is 28.9 Å². The molecular formula is C19H17N7O2S. The maximum atomic E-state index is 12.3. The molecule has 0 unspecified atom stereocenters. The molecule has 1 amide bonds. The van der Waals surface area contributed by atoms with Crippen LogP contribution in [0.4, 0.5) is 5.13 Å². The van der Waals surface area contributed by atoms with Crippen LogP contribution in [-0.2, 0) is 4.79 Å². The van der Waals surface area contributed by atoms with Gasteiger partial charge in [-0.2, -0.15) is 4.98 Å². The molecule has 0 spiro atoms. The standard InChI is InChI=1S/C19H17N7O2S/c1-11-2-3-13-15(6-11)29-19(22-13)23-16(27)10-26-8-12(9-26)18-24-17(25-28-18)14-7-20-4-5-21-14/h2-7,12H,8-10H2,1H3,(H,22,23,27). The number of hydrogen-bond donors (Lipinski definition) is 1. The number of fused-ring (bicyclic) bond motifs is 1. The fourth-order valence-electron chi connectivity index (χ4n) is 3.22. The van der Waals surface area contributed by atoms with Crippen molar-refractivity contribution in [2.75, 3.05) is 25.0 Å². The summed E-state index contributed by atoms with van der Waals surface area (Å²) < 4.78 is 6.42. The van der Waals surface area contributed by atoms with Crippen molar-refractivity contribution in [3.05, 3.63) is 48.2 Å². The molecular weight excluding hydrogens is 390 g/mol. The summed E-state index contributed by atoms with van der Waals surface area (Å²) >= 11 is 1.48. The highest BCUT2D eigenvalue weighted by atomic mass is 32.1. The molecule has 1 N–H and O–H groups in total. The summed E-state index contributed by atoms with van der Waals surface area (Å²) in [5, 5.41) is 7.48. The lowest BCUT2D eigenvalue weighted by molar-refractivity contribution is -0.118. The van der Waals surface area contributed by atoms with Crippen LogP contribution >= 0.6 is 11.3 Å². The van der Waals surface area contributed by atoms with E-state index in [1.807, 2.05) is 24.0 Å². The number of anilines is 1. The number of benzene rings is 1. The topological polar surface area (TPSA) is 110 Å². The Balaban J connectivity index is 1.15. The van der Waals surface area contributed by atoms with Crippen LogP contribution in [0.2, 0.25) is 0 Å². The number of nitrogens with zero attached hydrogens (tertiary/aromatic N) is 6. The number of thiazole rings is 1. The summed E-state index contributed by atoms with van der Waals surface area (Å²) in [5.74, 6) is 1.02. The molecule has 0 saturated carbocycles. The van der Waals surface area contributed by atoms with Crippen molar-refractivity contribution in [1.29, 1.82) is 0 Å². The first kappa shape index (κ1) is 17.8. The van der Waals surface area contributed by atoms with Gasteiger partial charge in [-0.15, -0.1) is 0 Å². The fourth-order valence-corrected chi connectivity index (χ4v) is 4.20. The van der Waals surface area contributed by atoms with Gasteiger partial charge in [0.25, 0.3) is 0 Å². The zero-order chi connectivity index (χ0) is 19.8. The van der Waals surface area contributed by atoms with Crippen LogP contribution in [0.15, 0.2) is 41.3 Å². The number of rotatable bonds is 5. The van der Waals surface area contributed by atoms with Crippen molar-refractivity contribution >= 4 is 32.6 Å². The SMILES string of the molecule is Cc1ccc2nc(NC(=O)CN3CC(c4nc(-c5cnccn5)no4)C3)sc2c1. The molecule has 0 bridgehead atoms. The van der Waals surface area contributed by atoms with Gasteiger partial charge < -0.3 is 9.84 Å². The van der Waals surface area contributed by atoms with Crippen LogP contribution in [0, 0.1) is 6.92 Å². The minimum Gasteiger partial charge on any atom is -0.339 e. The van der Waals surface area contributed by atoms with Crippen LogP contribution in [0.25, 0.3) is 21.7 Å². The molecule has 1 aliphatic rings. The van der Waals surface area contributed by atoms with Crippen molar-refractivity contribution in [3.8, 4) is 11.5 Å². The lowest BCUT2D eigenvalue weighted by atomic mass is 10.0. The maximum absolute atomic E-state index is 12.3. The van der Waals surface area contributed by atoms with E-state index in [-0.39, 0.29) is 11.8 Å². The molecule has 5 rings (SSSR count). The van der Waals surface area contributed by atoms with Gasteiger partial charge in [0.15, 0.2) is 5.13 Å². The van der Waals surface area contributed by atoms with E-state index < -0.39 is 0 Å². The van der Waals surface area contributed by atoms with Crippen LogP contribution in [-0.4, -0.2) is 55.5 Å². The highest BCUT2D eigenvalue weighted by Gasteiger charge is 2.33. The Kier molecular flexibility index (Phi) is 4.49. The molecule has 1 aromatic carbocycles. The number of carbonyl (C=O) groups is 1. The molecule has 1 aliphatic heterocycles. The van der Waals surface area contributed by atoms with Crippen LogP contribution in [0.1, 0.15) is 17.4 Å². The van der Waals surface area contributed by atoms with Crippen LogP contribution in [0.3, 0.4) is 0 Å². The summed E-state index contributed by atoms with van der Waals surface area (Å²) in [4.78, 5) is 31.4. The van der Waals surface area contributed by atoms with Crippen LogP contribution in [0.5, 0.6) is 0 Å². The first-order chi connectivity index (χ1) is 14.1. The molecule has 0 radical (unpaired) electrons. The largest absolute Gasteiger partial charge is 0.339 e. The molecule has 4 aromatic rings. The molecule has 0 aliphatic carbocycles. The number of carbonyl (C=O) groups excluding carboxylic acids is 1. The van der Waals surface area contributed by atoms with Gasteiger partial charge in [-0.05, 0) is 24.6 Å². The summed E-state index contributed by atoms with van der Waals surface area (Å²) in [6.45, 7) is 3.72. The van der Waals surface area contributed by atoms with E-state index in [1.54, 1.807) is 18.6 Å². The monoisotopic (exact) mass is 407 g/mol. The average molecular weight is 407 g/mol. The Morgan fingerprint density at radius 1 is 1.31 bits per heavy atom. The summed E-state index contributed by atoms with van der Waals surface area (Å²) in [6, 6.07) is 6.06. The molecule has 0 atom stereocenters. The maximum Gasteiger partial charge on any atom is 0.240 e. The van der Waals surface area contributed by atoms with Crippen LogP contribution < -0.4 is 5.32 Å². The predicted octanol–water partition coefficient (Wildman–Crippen LogP) is 2.48. The van der Waals surface area contributed by atoms with E-state index in [1.165, 1.54) is 16.9 Å². The van der Waals surface area contributed by atoms with Gasteiger partial charge in [0, 0.05) is 25.5 Å². The quantitative estimate of drug-likeness (QED) is 0.537. The Bertz CT molecular complexity index is 1170. The Morgan fingerprint density at radius 2 is 2.21 bits per heavy atom. The third-order valence-electron chi connectivity index (χ3n) is 4.70. The smallest absolute Gasteiger partial charge is 0.240 e. The van der Waals surface area contributed by atoms with E-state index >= 15 is 0 Å². The first-order valence-electron chi connectivity index (χ1n) is 9.13. The molecule has 3 aromatic heterocycles. The van der Waals surface area contributed by atoms with E-state index in [0.717, 1.165) is 10.2 Å². The molecule has 1 saturated heterocycles. The van der Waals surface area contributed by atoms with E-state index in [0.29, 0.717) is 42.2 Å². The second kappa shape index (κ2) is 7.30. The zero-order valence-corrected chi connectivity index (χ0v) is 16.4. The number of hydrogen-bond acceptors (Lipinski definition) is 9. The third kappa shape index (κ3) is 3.71. The first-order valence-corrected chi connectivity index (χ1v) is 9.95. The lowest BCUT2D eigenvalue weighted by Gasteiger charge is -2.36. The summed E-state index contributed by atoms with van der Waals surface area (Å²) in [7, 11) is 0. The minimum absolute atomic E-state index is 0.0787. The molecule has 10 heteroatoms. The van der Waals surface area contributed by atoms with Gasteiger partial charge in [0.1, 0.15) is 5.69 Å².